The molecule has 112 valence electrons. The van der Waals surface area contributed by atoms with Gasteiger partial charge >= 0.3 is 0 Å². The molecular formula is C18H29NO. The molecule has 1 atom stereocenters. The van der Waals surface area contributed by atoms with Gasteiger partial charge in [0.25, 0.3) is 0 Å². The molecule has 1 saturated carbocycles. The van der Waals surface area contributed by atoms with E-state index in [1.807, 2.05) is 0 Å². The maximum Gasteiger partial charge on any atom is 0.0816 e. The van der Waals surface area contributed by atoms with E-state index in [1.54, 1.807) is 7.11 Å². The Bertz CT molecular complexity index is 423. The fraction of sp³-hybridized carbons (Fsp3) is 0.667. The fourth-order valence-electron chi connectivity index (χ4n) is 2.91. The Labute approximate surface area is 123 Å². The summed E-state index contributed by atoms with van der Waals surface area (Å²) in [6, 6.07) is 9.35. The van der Waals surface area contributed by atoms with E-state index in [0.717, 1.165) is 18.9 Å². The highest BCUT2D eigenvalue weighted by atomic mass is 16.5. The summed E-state index contributed by atoms with van der Waals surface area (Å²) in [5, 5.41) is 3.65. The Morgan fingerprint density at radius 1 is 1.35 bits per heavy atom. The molecule has 0 amide bonds. The third kappa shape index (κ3) is 3.42. The number of hydrogen-bond donors (Lipinski definition) is 1. The Balaban J connectivity index is 2.22. The van der Waals surface area contributed by atoms with Crippen LogP contribution in [0.4, 0.5) is 0 Å². The van der Waals surface area contributed by atoms with Gasteiger partial charge in [0.05, 0.1) is 11.6 Å². The van der Waals surface area contributed by atoms with E-state index in [-0.39, 0.29) is 11.6 Å². The van der Waals surface area contributed by atoms with Crippen molar-refractivity contribution in [3.8, 4) is 0 Å². The predicted molar refractivity (Wildman–Crippen MR) is 85.2 cm³/mol. The van der Waals surface area contributed by atoms with Crippen LogP contribution in [0.25, 0.3) is 0 Å². The summed E-state index contributed by atoms with van der Waals surface area (Å²) in [6.07, 6.45) is 5.23. The SMILES string of the molecule is CCCNC(c1cccc(C2CCC2)c1)C(C)(C)OC. The molecule has 20 heavy (non-hydrogen) atoms. The maximum atomic E-state index is 5.73. The average molecular weight is 275 g/mol. The Hall–Kier alpha value is -0.860. The zero-order chi connectivity index (χ0) is 14.6. The predicted octanol–water partition coefficient (Wildman–Crippen LogP) is 4.42. The van der Waals surface area contributed by atoms with Crippen LogP contribution in [0.1, 0.15) is 69.5 Å². The third-order valence-electron chi connectivity index (χ3n) is 4.64. The first-order valence-electron chi connectivity index (χ1n) is 7.97. The molecule has 0 aliphatic heterocycles. The van der Waals surface area contributed by atoms with E-state index < -0.39 is 0 Å². The molecule has 0 heterocycles. The first-order valence-corrected chi connectivity index (χ1v) is 7.97. The van der Waals surface area contributed by atoms with Crippen LogP contribution < -0.4 is 5.32 Å². The minimum atomic E-state index is -0.201. The fourth-order valence-corrected chi connectivity index (χ4v) is 2.91. The van der Waals surface area contributed by atoms with E-state index in [9.17, 15) is 0 Å². The van der Waals surface area contributed by atoms with Gasteiger partial charge < -0.3 is 10.1 Å². The Kier molecular flexibility index (Phi) is 5.22. The van der Waals surface area contributed by atoms with Crippen molar-refractivity contribution in [2.24, 2.45) is 0 Å². The molecule has 0 radical (unpaired) electrons. The van der Waals surface area contributed by atoms with Crippen LogP contribution in [0.2, 0.25) is 0 Å². The lowest BCUT2D eigenvalue weighted by molar-refractivity contribution is -0.0111. The van der Waals surface area contributed by atoms with Crippen LogP contribution in [0.3, 0.4) is 0 Å². The third-order valence-corrected chi connectivity index (χ3v) is 4.64. The van der Waals surface area contributed by atoms with Crippen molar-refractivity contribution in [1.29, 1.82) is 0 Å². The average Bonchev–Trinajstić information content (AvgIpc) is 2.37. The van der Waals surface area contributed by atoms with Crippen LogP contribution in [-0.2, 0) is 4.74 Å². The van der Waals surface area contributed by atoms with Crippen molar-refractivity contribution in [2.45, 2.75) is 64.0 Å². The molecule has 1 aliphatic carbocycles. The van der Waals surface area contributed by atoms with Gasteiger partial charge in [0.15, 0.2) is 0 Å². The van der Waals surface area contributed by atoms with E-state index >= 15 is 0 Å². The molecule has 0 bridgehead atoms. The second-order valence-corrected chi connectivity index (χ2v) is 6.49. The van der Waals surface area contributed by atoms with E-state index in [1.165, 1.54) is 30.4 Å². The molecule has 1 aromatic rings. The van der Waals surface area contributed by atoms with Crippen LogP contribution in [0.5, 0.6) is 0 Å². The number of benzene rings is 1. The van der Waals surface area contributed by atoms with Crippen molar-refractivity contribution in [3.05, 3.63) is 35.4 Å². The number of methoxy groups -OCH3 is 1. The highest BCUT2D eigenvalue weighted by molar-refractivity contribution is 5.31. The topological polar surface area (TPSA) is 21.3 Å². The van der Waals surface area contributed by atoms with Crippen LogP contribution >= 0.6 is 0 Å². The van der Waals surface area contributed by atoms with E-state index in [0.29, 0.717) is 0 Å². The highest BCUT2D eigenvalue weighted by Crippen LogP contribution is 2.38. The van der Waals surface area contributed by atoms with Crippen molar-refractivity contribution >= 4 is 0 Å². The summed E-state index contributed by atoms with van der Waals surface area (Å²) >= 11 is 0. The standard InChI is InChI=1S/C18H29NO/c1-5-12-19-17(18(2,3)20-4)16-11-7-10-15(13-16)14-8-6-9-14/h7,10-11,13-14,17,19H,5-6,8-9,12H2,1-4H3. The van der Waals surface area contributed by atoms with Crippen LogP contribution in [0.15, 0.2) is 24.3 Å². The van der Waals surface area contributed by atoms with Gasteiger partial charge in [-0.15, -0.1) is 0 Å². The molecule has 2 rings (SSSR count). The molecule has 0 saturated heterocycles. The van der Waals surface area contributed by atoms with E-state index in [4.69, 9.17) is 4.74 Å². The second kappa shape index (κ2) is 6.73. The van der Waals surface area contributed by atoms with Crippen molar-refractivity contribution in [1.82, 2.24) is 5.32 Å². The smallest absolute Gasteiger partial charge is 0.0816 e. The monoisotopic (exact) mass is 275 g/mol. The molecule has 1 fully saturated rings. The second-order valence-electron chi connectivity index (χ2n) is 6.49. The lowest BCUT2D eigenvalue weighted by Crippen LogP contribution is -2.41. The summed E-state index contributed by atoms with van der Waals surface area (Å²) in [6.45, 7) is 7.55. The van der Waals surface area contributed by atoms with Crippen molar-refractivity contribution in [3.63, 3.8) is 0 Å². The molecule has 1 aliphatic rings. The van der Waals surface area contributed by atoms with Gasteiger partial charge in [0.2, 0.25) is 0 Å². The Morgan fingerprint density at radius 2 is 2.10 bits per heavy atom. The molecule has 0 spiro atoms. The summed E-state index contributed by atoms with van der Waals surface area (Å²) < 4.78 is 5.73. The van der Waals surface area contributed by atoms with Gasteiger partial charge in [0, 0.05) is 7.11 Å². The van der Waals surface area contributed by atoms with Crippen LogP contribution in [0, 0.1) is 0 Å². The minimum absolute atomic E-state index is 0.201. The van der Waals surface area contributed by atoms with E-state index in [2.05, 4.69) is 50.4 Å². The van der Waals surface area contributed by atoms with Crippen molar-refractivity contribution < 1.29 is 4.74 Å². The molecular weight excluding hydrogens is 246 g/mol. The van der Waals surface area contributed by atoms with Gasteiger partial charge in [-0.05, 0) is 56.7 Å². The number of ether oxygens (including phenoxy) is 1. The maximum absolute atomic E-state index is 5.73. The zero-order valence-electron chi connectivity index (χ0n) is 13.4. The Morgan fingerprint density at radius 3 is 2.65 bits per heavy atom. The normalized spacial score (nSPS) is 17.8. The molecule has 1 unspecified atom stereocenters. The molecule has 0 aromatic heterocycles. The van der Waals surface area contributed by atoms with Gasteiger partial charge in [-0.2, -0.15) is 0 Å². The van der Waals surface area contributed by atoms with Crippen LogP contribution in [-0.4, -0.2) is 19.3 Å². The quantitative estimate of drug-likeness (QED) is 0.795. The lowest BCUT2D eigenvalue weighted by atomic mass is 9.78. The van der Waals surface area contributed by atoms with Gasteiger partial charge in [-0.25, -0.2) is 0 Å². The molecule has 1 N–H and O–H groups in total. The van der Waals surface area contributed by atoms with Gasteiger partial charge in [-0.1, -0.05) is 37.6 Å². The highest BCUT2D eigenvalue weighted by Gasteiger charge is 2.31. The first-order chi connectivity index (χ1) is 9.58. The first kappa shape index (κ1) is 15.5. The lowest BCUT2D eigenvalue weighted by Gasteiger charge is -2.35. The largest absolute Gasteiger partial charge is 0.377 e. The van der Waals surface area contributed by atoms with Gasteiger partial charge in [-0.3, -0.25) is 0 Å². The number of nitrogens with one attached hydrogen (secondary N) is 1. The number of hydrogen-bond acceptors (Lipinski definition) is 2. The number of rotatable bonds is 7. The molecule has 1 aromatic carbocycles. The van der Waals surface area contributed by atoms with Gasteiger partial charge in [0.1, 0.15) is 0 Å². The minimum Gasteiger partial charge on any atom is -0.377 e. The summed E-state index contributed by atoms with van der Waals surface area (Å²) in [4.78, 5) is 0. The zero-order valence-corrected chi connectivity index (χ0v) is 13.4. The summed E-state index contributed by atoms with van der Waals surface area (Å²) in [5.41, 5.74) is 2.66. The van der Waals surface area contributed by atoms with Crippen molar-refractivity contribution in [2.75, 3.05) is 13.7 Å². The summed E-state index contributed by atoms with van der Waals surface area (Å²) in [7, 11) is 1.80. The summed E-state index contributed by atoms with van der Waals surface area (Å²) in [5.74, 6) is 0.785. The molecule has 2 heteroatoms. The molecule has 2 nitrogen and oxygen atoms in total.